The number of hydrogen-bond donors (Lipinski definition) is 1. The van der Waals surface area contributed by atoms with Crippen LogP contribution in [0.1, 0.15) is 10.5 Å². The molecule has 0 aliphatic heterocycles. The Balaban J connectivity index is 2.57. The monoisotopic (exact) mass is 223 g/mol. The van der Waals surface area contributed by atoms with Crippen molar-refractivity contribution in [2.24, 2.45) is 0 Å². The van der Waals surface area contributed by atoms with E-state index in [2.05, 4.69) is 10.1 Å². The summed E-state index contributed by atoms with van der Waals surface area (Å²) in [6.07, 6.45) is 4.36. The molecule has 0 radical (unpaired) electrons. The van der Waals surface area contributed by atoms with Gasteiger partial charge < -0.3 is 5.11 Å². The highest BCUT2D eigenvalue weighted by Gasteiger charge is 2.12. The molecule has 76 valence electrons. The number of hydrogen-bond acceptors (Lipinski definition) is 3. The van der Waals surface area contributed by atoms with Crippen LogP contribution in [0.25, 0.3) is 5.69 Å². The molecular formula is C9H6ClN3O2. The first-order valence-electron chi connectivity index (χ1n) is 4.07. The van der Waals surface area contributed by atoms with Crippen molar-refractivity contribution >= 4 is 17.6 Å². The van der Waals surface area contributed by atoms with E-state index in [1.165, 1.54) is 23.3 Å². The highest BCUT2D eigenvalue weighted by Crippen LogP contribution is 2.14. The second-order valence-corrected chi connectivity index (χ2v) is 3.22. The van der Waals surface area contributed by atoms with Crippen molar-refractivity contribution in [1.82, 2.24) is 14.8 Å². The van der Waals surface area contributed by atoms with E-state index in [9.17, 15) is 4.79 Å². The van der Waals surface area contributed by atoms with E-state index in [4.69, 9.17) is 16.7 Å². The fourth-order valence-electron chi connectivity index (χ4n) is 1.18. The standard InChI is InChI=1S/C9H6ClN3O2/c10-6-4-12-13(5-6)7-2-1-3-11-8(7)9(14)15/h1-5H,(H,14,15). The van der Waals surface area contributed by atoms with Gasteiger partial charge in [0.05, 0.1) is 16.9 Å². The fraction of sp³-hybridized carbons (Fsp3) is 0. The first-order valence-corrected chi connectivity index (χ1v) is 4.45. The van der Waals surface area contributed by atoms with Crippen LogP contribution in [0.15, 0.2) is 30.7 Å². The van der Waals surface area contributed by atoms with Crippen LogP contribution in [0.5, 0.6) is 0 Å². The van der Waals surface area contributed by atoms with Gasteiger partial charge in [0, 0.05) is 12.4 Å². The molecule has 0 unspecified atom stereocenters. The molecule has 15 heavy (non-hydrogen) atoms. The summed E-state index contributed by atoms with van der Waals surface area (Å²) >= 11 is 5.69. The van der Waals surface area contributed by atoms with Gasteiger partial charge in [0.25, 0.3) is 0 Å². The van der Waals surface area contributed by atoms with Crippen LogP contribution in [0.3, 0.4) is 0 Å². The quantitative estimate of drug-likeness (QED) is 0.840. The maximum absolute atomic E-state index is 10.9. The summed E-state index contributed by atoms with van der Waals surface area (Å²) in [5.74, 6) is -1.10. The topological polar surface area (TPSA) is 68.0 Å². The van der Waals surface area contributed by atoms with Gasteiger partial charge in [0.1, 0.15) is 0 Å². The van der Waals surface area contributed by atoms with Crippen molar-refractivity contribution in [3.05, 3.63) is 41.4 Å². The highest BCUT2D eigenvalue weighted by atomic mass is 35.5. The maximum atomic E-state index is 10.9. The van der Waals surface area contributed by atoms with E-state index in [1.54, 1.807) is 12.1 Å². The van der Waals surface area contributed by atoms with Crippen LogP contribution in [-0.2, 0) is 0 Å². The van der Waals surface area contributed by atoms with E-state index in [0.29, 0.717) is 10.7 Å². The molecule has 2 heterocycles. The first-order chi connectivity index (χ1) is 7.18. The summed E-state index contributed by atoms with van der Waals surface area (Å²) in [5, 5.41) is 13.2. The molecule has 0 aliphatic rings. The summed E-state index contributed by atoms with van der Waals surface area (Å²) in [7, 11) is 0. The average molecular weight is 224 g/mol. The maximum Gasteiger partial charge on any atom is 0.356 e. The second kappa shape index (κ2) is 3.70. The first kappa shape index (κ1) is 9.67. The Hall–Kier alpha value is -1.88. The van der Waals surface area contributed by atoms with Gasteiger partial charge in [0.15, 0.2) is 5.69 Å². The van der Waals surface area contributed by atoms with Gasteiger partial charge in [0.2, 0.25) is 0 Å². The van der Waals surface area contributed by atoms with Crippen LogP contribution in [0.4, 0.5) is 0 Å². The van der Waals surface area contributed by atoms with Gasteiger partial charge in [-0.3, -0.25) is 0 Å². The van der Waals surface area contributed by atoms with Gasteiger partial charge >= 0.3 is 5.97 Å². The minimum atomic E-state index is -1.10. The zero-order chi connectivity index (χ0) is 10.8. The largest absolute Gasteiger partial charge is 0.476 e. The lowest BCUT2D eigenvalue weighted by Crippen LogP contribution is -2.07. The van der Waals surface area contributed by atoms with Crippen LogP contribution in [0, 0.1) is 0 Å². The number of pyridine rings is 1. The Morgan fingerprint density at radius 2 is 2.33 bits per heavy atom. The lowest BCUT2D eigenvalue weighted by atomic mass is 10.3. The van der Waals surface area contributed by atoms with Crippen molar-refractivity contribution in [1.29, 1.82) is 0 Å². The molecule has 2 aromatic heterocycles. The molecule has 0 spiro atoms. The number of carboxylic acids is 1. The summed E-state index contributed by atoms with van der Waals surface area (Å²) in [6.45, 7) is 0. The Morgan fingerprint density at radius 1 is 1.53 bits per heavy atom. The molecule has 6 heteroatoms. The average Bonchev–Trinajstić information content (AvgIpc) is 2.65. The molecule has 0 fully saturated rings. The number of nitrogens with zero attached hydrogens (tertiary/aromatic N) is 3. The zero-order valence-corrected chi connectivity index (χ0v) is 8.22. The lowest BCUT2D eigenvalue weighted by Gasteiger charge is -2.03. The van der Waals surface area contributed by atoms with Gasteiger partial charge in [-0.2, -0.15) is 5.10 Å². The number of rotatable bonds is 2. The molecule has 0 amide bonds. The minimum absolute atomic E-state index is 0.0581. The summed E-state index contributed by atoms with van der Waals surface area (Å²) in [5.41, 5.74) is 0.328. The number of aromatic carboxylic acids is 1. The van der Waals surface area contributed by atoms with Crippen LogP contribution >= 0.6 is 11.6 Å². The Kier molecular flexibility index (Phi) is 2.39. The van der Waals surface area contributed by atoms with Crippen molar-refractivity contribution in [3.63, 3.8) is 0 Å². The van der Waals surface area contributed by atoms with Gasteiger partial charge in [-0.1, -0.05) is 11.6 Å². The van der Waals surface area contributed by atoms with Crippen molar-refractivity contribution in [2.75, 3.05) is 0 Å². The van der Waals surface area contributed by atoms with Crippen LogP contribution in [-0.4, -0.2) is 25.8 Å². The summed E-state index contributed by atoms with van der Waals surface area (Å²) < 4.78 is 1.37. The predicted octanol–water partition coefficient (Wildman–Crippen LogP) is 1.62. The van der Waals surface area contributed by atoms with E-state index in [-0.39, 0.29) is 5.69 Å². The van der Waals surface area contributed by atoms with E-state index in [0.717, 1.165) is 0 Å². The Morgan fingerprint density at radius 3 is 2.93 bits per heavy atom. The van der Waals surface area contributed by atoms with Gasteiger partial charge in [-0.15, -0.1) is 0 Å². The minimum Gasteiger partial charge on any atom is -0.476 e. The third-order valence-corrected chi connectivity index (χ3v) is 1.98. The SMILES string of the molecule is O=C(O)c1ncccc1-n1cc(Cl)cn1. The molecule has 2 rings (SSSR count). The third-order valence-electron chi connectivity index (χ3n) is 1.79. The van der Waals surface area contributed by atoms with E-state index < -0.39 is 5.97 Å². The molecule has 0 saturated carbocycles. The highest BCUT2D eigenvalue weighted by molar-refractivity contribution is 6.30. The second-order valence-electron chi connectivity index (χ2n) is 2.78. The fourth-order valence-corrected chi connectivity index (χ4v) is 1.32. The summed E-state index contributed by atoms with van der Waals surface area (Å²) in [4.78, 5) is 14.6. The van der Waals surface area contributed by atoms with E-state index in [1.807, 2.05) is 0 Å². The number of halogens is 1. The molecule has 1 N–H and O–H groups in total. The molecule has 0 atom stereocenters. The predicted molar refractivity (Wildman–Crippen MR) is 53.3 cm³/mol. The van der Waals surface area contributed by atoms with Crippen LogP contribution < -0.4 is 0 Å². The number of carboxylic acid groups (broad SMARTS) is 1. The molecule has 2 aromatic rings. The zero-order valence-electron chi connectivity index (χ0n) is 7.46. The number of aromatic nitrogens is 3. The lowest BCUT2D eigenvalue weighted by molar-refractivity contribution is 0.0690. The molecular weight excluding hydrogens is 218 g/mol. The van der Waals surface area contributed by atoms with Crippen molar-refractivity contribution in [2.45, 2.75) is 0 Å². The van der Waals surface area contributed by atoms with E-state index >= 15 is 0 Å². The Bertz CT molecular complexity index is 510. The molecule has 0 saturated heterocycles. The van der Waals surface area contributed by atoms with Crippen LogP contribution in [0.2, 0.25) is 5.02 Å². The van der Waals surface area contributed by atoms with Crippen molar-refractivity contribution < 1.29 is 9.90 Å². The molecule has 5 nitrogen and oxygen atoms in total. The summed E-state index contributed by atoms with van der Waals surface area (Å²) in [6, 6.07) is 3.25. The van der Waals surface area contributed by atoms with Gasteiger partial charge in [-0.05, 0) is 12.1 Å². The normalized spacial score (nSPS) is 10.2. The van der Waals surface area contributed by atoms with Gasteiger partial charge in [-0.25, -0.2) is 14.5 Å². The molecule has 0 bridgehead atoms. The molecule has 0 aliphatic carbocycles. The smallest absolute Gasteiger partial charge is 0.356 e. The number of carbonyl (C=O) groups is 1. The third kappa shape index (κ3) is 1.82. The molecule has 0 aromatic carbocycles. The Labute approximate surface area is 89.9 Å². The van der Waals surface area contributed by atoms with Crippen molar-refractivity contribution in [3.8, 4) is 5.69 Å².